The number of rotatable bonds is 7. The van der Waals surface area contributed by atoms with Gasteiger partial charge in [-0.05, 0) is 50.1 Å². The zero-order valence-corrected chi connectivity index (χ0v) is 21.2. The van der Waals surface area contributed by atoms with E-state index < -0.39 is 23.9 Å². The number of carbonyl (C=O) groups excluding carboxylic acids is 2. The standard InChI is InChI=1S/C25H36N8O4/c1-25(27,17-34)22(35)31-12-14-32(15-13-31)23(36)28-21-8-11-33(24(37)29-21)20-4-2-18(3-5-20)6-9-30-10-7-19(26)16-30/h2-5,8,11,19,34H,6-7,9-10,12-17,26-27H2,1H3,(H,28,29,36,37)/t19-,25?/m1/s1. The molecule has 1 unspecified atom stereocenters. The Kier molecular flexibility index (Phi) is 8.22. The highest BCUT2D eigenvalue weighted by molar-refractivity contribution is 5.89. The van der Waals surface area contributed by atoms with Crippen molar-refractivity contribution < 1.29 is 14.7 Å². The van der Waals surface area contributed by atoms with Gasteiger partial charge < -0.3 is 31.3 Å². The van der Waals surface area contributed by atoms with Crippen LogP contribution in [0.4, 0.5) is 10.6 Å². The number of urea groups is 1. The van der Waals surface area contributed by atoms with Crippen LogP contribution in [0.2, 0.25) is 0 Å². The van der Waals surface area contributed by atoms with Crippen LogP contribution in [0.3, 0.4) is 0 Å². The van der Waals surface area contributed by atoms with Crippen LogP contribution < -0.4 is 22.5 Å². The summed E-state index contributed by atoms with van der Waals surface area (Å²) in [6.45, 7) is 5.16. The molecule has 2 fully saturated rings. The van der Waals surface area contributed by atoms with Gasteiger partial charge in [-0.3, -0.25) is 14.7 Å². The van der Waals surface area contributed by atoms with Gasteiger partial charge in [0.1, 0.15) is 11.4 Å². The third kappa shape index (κ3) is 6.52. The van der Waals surface area contributed by atoms with Crippen molar-refractivity contribution in [1.82, 2.24) is 24.3 Å². The molecule has 12 heteroatoms. The van der Waals surface area contributed by atoms with Gasteiger partial charge in [-0.2, -0.15) is 4.98 Å². The number of nitrogens with two attached hydrogens (primary N) is 2. The number of carbonyl (C=O) groups is 2. The summed E-state index contributed by atoms with van der Waals surface area (Å²) >= 11 is 0. The van der Waals surface area contributed by atoms with E-state index in [4.69, 9.17) is 11.5 Å². The second kappa shape index (κ2) is 11.4. The number of benzene rings is 1. The molecule has 0 radical (unpaired) electrons. The fourth-order valence-corrected chi connectivity index (χ4v) is 4.58. The molecule has 37 heavy (non-hydrogen) atoms. The van der Waals surface area contributed by atoms with Gasteiger partial charge in [0.15, 0.2) is 0 Å². The highest BCUT2D eigenvalue weighted by Crippen LogP contribution is 2.13. The highest BCUT2D eigenvalue weighted by atomic mass is 16.3. The van der Waals surface area contributed by atoms with Gasteiger partial charge in [0.25, 0.3) is 0 Å². The Morgan fingerprint density at radius 2 is 1.78 bits per heavy atom. The quantitative estimate of drug-likeness (QED) is 0.374. The molecule has 2 atom stereocenters. The van der Waals surface area contributed by atoms with Gasteiger partial charge in [0.2, 0.25) is 5.91 Å². The number of aliphatic hydroxyl groups is 1. The number of nitrogens with zero attached hydrogens (tertiary/aromatic N) is 5. The molecular weight excluding hydrogens is 476 g/mol. The summed E-state index contributed by atoms with van der Waals surface area (Å²) in [7, 11) is 0. The van der Waals surface area contributed by atoms with Gasteiger partial charge in [-0.25, -0.2) is 9.59 Å². The largest absolute Gasteiger partial charge is 0.394 e. The summed E-state index contributed by atoms with van der Waals surface area (Å²) in [6, 6.07) is 9.22. The molecule has 2 aliphatic rings. The normalized spacial score (nSPS) is 20.1. The molecule has 200 valence electrons. The van der Waals surface area contributed by atoms with Gasteiger partial charge in [0.05, 0.1) is 12.3 Å². The van der Waals surface area contributed by atoms with Crippen LogP contribution in [0.5, 0.6) is 0 Å². The lowest BCUT2D eigenvalue weighted by molar-refractivity contribution is -0.139. The Morgan fingerprint density at radius 3 is 2.38 bits per heavy atom. The van der Waals surface area contributed by atoms with E-state index in [-0.39, 0.29) is 17.8 Å². The lowest BCUT2D eigenvalue weighted by atomic mass is 10.0. The molecule has 3 heterocycles. The van der Waals surface area contributed by atoms with E-state index in [1.165, 1.54) is 22.0 Å². The second-order valence-electron chi connectivity index (χ2n) is 10.0. The highest BCUT2D eigenvalue weighted by Gasteiger charge is 2.34. The first-order chi connectivity index (χ1) is 17.7. The van der Waals surface area contributed by atoms with Gasteiger partial charge in [-0.1, -0.05) is 12.1 Å². The van der Waals surface area contributed by atoms with Gasteiger partial charge in [0, 0.05) is 51.5 Å². The third-order valence-electron chi connectivity index (χ3n) is 6.95. The molecule has 1 aromatic carbocycles. The SMILES string of the molecule is CC(N)(CO)C(=O)N1CCN(C(=O)Nc2ccn(-c3ccc(CCN4CC[C@@H](N)C4)cc3)c(=O)n2)CC1. The van der Waals surface area contributed by atoms with Crippen LogP contribution in [0.15, 0.2) is 41.3 Å². The fourth-order valence-electron chi connectivity index (χ4n) is 4.58. The number of hydrogen-bond acceptors (Lipinski definition) is 8. The fraction of sp³-hybridized carbons (Fsp3) is 0.520. The van der Waals surface area contributed by atoms with Crippen LogP contribution in [0, 0.1) is 0 Å². The predicted molar refractivity (Wildman–Crippen MR) is 139 cm³/mol. The maximum atomic E-state index is 12.7. The van der Waals surface area contributed by atoms with E-state index >= 15 is 0 Å². The minimum Gasteiger partial charge on any atom is -0.394 e. The Hall–Kier alpha value is -3.32. The van der Waals surface area contributed by atoms with E-state index in [9.17, 15) is 19.5 Å². The zero-order chi connectivity index (χ0) is 26.6. The van der Waals surface area contributed by atoms with Crippen molar-refractivity contribution in [3.05, 3.63) is 52.6 Å². The van der Waals surface area contributed by atoms with Crippen LogP contribution in [-0.4, -0.2) is 105 Å². The summed E-state index contributed by atoms with van der Waals surface area (Å²) in [4.78, 5) is 47.2. The number of hydrogen-bond donors (Lipinski definition) is 4. The van der Waals surface area contributed by atoms with Crippen molar-refractivity contribution in [2.45, 2.75) is 31.3 Å². The summed E-state index contributed by atoms with van der Waals surface area (Å²) in [5, 5.41) is 12.0. The molecule has 0 aliphatic carbocycles. The van der Waals surface area contributed by atoms with Gasteiger partial charge in [-0.15, -0.1) is 0 Å². The average Bonchev–Trinajstić information content (AvgIpc) is 3.32. The topological polar surface area (TPSA) is 163 Å². The van der Waals surface area contributed by atoms with Crippen LogP contribution in [0.1, 0.15) is 18.9 Å². The molecule has 0 bridgehead atoms. The molecule has 12 nitrogen and oxygen atoms in total. The van der Waals surface area contributed by atoms with Gasteiger partial charge >= 0.3 is 11.7 Å². The van der Waals surface area contributed by atoms with E-state index in [1.54, 1.807) is 17.2 Å². The minimum atomic E-state index is -1.35. The maximum absolute atomic E-state index is 12.7. The van der Waals surface area contributed by atoms with Crippen molar-refractivity contribution in [3.8, 4) is 5.69 Å². The Balaban J connectivity index is 1.30. The van der Waals surface area contributed by atoms with Crippen molar-refractivity contribution >= 4 is 17.8 Å². The minimum absolute atomic E-state index is 0.153. The Labute approximate surface area is 215 Å². The van der Waals surface area contributed by atoms with E-state index in [0.717, 1.165) is 32.5 Å². The first-order valence-corrected chi connectivity index (χ1v) is 12.6. The Bertz CT molecular complexity index is 1160. The summed E-state index contributed by atoms with van der Waals surface area (Å²) in [5.74, 6) is -0.204. The smallest absolute Gasteiger partial charge is 0.354 e. The number of amides is 3. The van der Waals surface area contributed by atoms with Crippen LogP contribution >= 0.6 is 0 Å². The number of nitrogens with one attached hydrogen (secondary N) is 1. The lowest BCUT2D eigenvalue weighted by Crippen LogP contribution is -2.60. The van der Waals surface area contributed by atoms with Crippen molar-refractivity contribution in [3.63, 3.8) is 0 Å². The van der Waals surface area contributed by atoms with E-state index in [1.807, 2.05) is 24.3 Å². The summed E-state index contributed by atoms with van der Waals surface area (Å²) < 4.78 is 1.42. The third-order valence-corrected chi connectivity index (χ3v) is 6.95. The molecular formula is C25H36N8O4. The molecule has 0 spiro atoms. The first kappa shape index (κ1) is 26.7. The number of likely N-dealkylation sites (tertiary alicyclic amines) is 1. The van der Waals surface area contributed by atoms with Crippen LogP contribution in [-0.2, 0) is 11.2 Å². The molecule has 0 saturated carbocycles. The molecule has 4 rings (SSSR count). The Morgan fingerprint density at radius 1 is 1.11 bits per heavy atom. The van der Waals surface area contributed by atoms with Crippen LogP contribution in [0.25, 0.3) is 5.69 Å². The van der Waals surface area contributed by atoms with Crippen molar-refractivity contribution in [2.24, 2.45) is 11.5 Å². The van der Waals surface area contributed by atoms with Crippen molar-refractivity contribution in [1.29, 1.82) is 0 Å². The first-order valence-electron chi connectivity index (χ1n) is 12.6. The number of piperazine rings is 1. The number of aromatic nitrogens is 2. The molecule has 6 N–H and O–H groups in total. The number of aliphatic hydroxyl groups excluding tert-OH is 1. The molecule has 2 aromatic rings. The second-order valence-corrected chi connectivity index (χ2v) is 10.0. The number of anilines is 1. The monoisotopic (exact) mass is 512 g/mol. The average molecular weight is 513 g/mol. The van der Waals surface area contributed by atoms with E-state index in [0.29, 0.717) is 31.9 Å². The maximum Gasteiger partial charge on any atom is 0.354 e. The lowest BCUT2D eigenvalue weighted by Gasteiger charge is -2.37. The zero-order valence-electron chi connectivity index (χ0n) is 21.2. The molecule has 2 saturated heterocycles. The summed E-state index contributed by atoms with van der Waals surface area (Å²) in [6.07, 6.45) is 3.54. The molecule has 1 aromatic heterocycles. The summed E-state index contributed by atoms with van der Waals surface area (Å²) in [5.41, 5.74) is 11.8. The molecule has 2 aliphatic heterocycles. The van der Waals surface area contributed by atoms with E-state index in [2.05, 4.69) is 15.2 Å². The predicted octanol–water partition coefficient (Wildman–Crippen LogP) is -0.806. The molecule has 3 amide bonds. The van der Waals surface area contributed by atoms with Crippen molar-refractivity contribution in [2.75, 3.05) is 57.7 Å².